The van der Waals surface area contributed by atoms with Crippen molar-refractivity contribution in [3.05, 3.63) is 63.2 Å². The number of ether oxygens (including phenoxy) is 1. The lowest BCUT2D eigenvalue weighted by atomic mass is 9.96. The number of rotatable bonds is 3. The van der Waals surface area contributed by atoms with E-state index in [4.69, 9.17) is 4.74 Å². The van der Waals surface area contributed by atoms with Crippen LogP contribution in [0.25, 0.3) is 0 Å². The zero-order valence-corrected chi connectivity index (χ0v) is 16.2. The van der Waals surface area contributed by atoms with E-state index in [0.29, 0.717) is 10.8 Å². The highest BCUT2D eigenvalue weighted by atomic mass is 127. The summed E-state index contributed by atoms with van der Waals surface area (Å²) in [6.07, 6.45) is -5.62. The van der Waals surface area contributed by atoms with Gasteiger partial charge in [0.15, 0.2) is 5.72 Å². The Kier molecular flexibility index (Phi) is 5.17. The molecule has 0 aromatic heterocycles. The highest BCUT2D eigenvalue weighted by molar-refractivity contribution is 14.1. The Balaban J connectivity index is 2.05. The van der Waals surface area contributed by atoms with Crippen LogP contribution in [0.4, 0.5) is 13.2 Å². The van der Waals surface area contributed by atoms with Crippen molar-refractivity contribution in [2.24, 2.45) is 5.10 Å². The summed E-state index contributed by atoms with van der Waals surface area (Å²) < 4.78 is 45.6. The molecule has 1 unspecified atom stereocenters. The van der Waals surface area contributed by atoms with E-state index in [2.05, 4.69) is 5.10 Å². The SMILES string of the molecule is COc1ccc(C2(O)CC(C(F)(F)F)=NN2C(=O)c2ccc(I)cc2)cc1. The van der Waals surface area contributed by atoms with Crippen molar-refractivity contribution in [1.82, 2.24) is 5.01 Å². The Hall–Kier alpha value is -2.14. The normalized spacial score (nSPS) is 19.8. The zero-order valence-electron chi connectivity index (χ0n) is 14.0. The molecule has 2 aromatic rings. The molecule has 0 radical (unpaired) electrons. The van der Waals surface area contributed by atoms with Crippen LogP contribution in [-0.2, 0) is 5.72 Å². The van der Waals surface area contributed by atoms with Crippen molar-refractivity contribution in [3.63, 3.8) is 0 Å². The number of alkyl halides is 3. The summed E-state index contributed by atoms with van der Waals surface area (Å²) in [6.45, 7) is 0. The van der Waals surface area contributed by atoms with Gasteiger partial charge in [-0.1, -0.05) is 12.1 Å². The number of hydrogen-bond donors (Lipinski definition) is 1. The van der Waals surface area contributed by atoms with Gasteiger partial charge in [0.2, 0.25) is 0 Å². The maximum Gasteiger partial charge on any atom is 0.431 e. The Morgan fingerprint density at radius 2 is 1.78 bits per heavy atom. The fourth-order valence-corrected chi connectivity index (χ4v) is 3.07. The molecule has 1 aliphatic rings. The third-order valence-electron chi connectivity index (χ3n) is 4.15. The summed E-state index contributed by atoms with van der Waals surface area (Å²) in [5.41, 5.74) is -3.25. The second kappa shape index (κ2) is 7.12. The number of carbonyl (C=O) groups is 1. The van der Waals surface area contributed by atoms with E-state index in [1.165, 1.54) is 43.5 Å². The molecule has 3 rings (SSSR count). The molecular weight excluding hydrogens is 476 g/mol. The van der Waals surface area contributed by atoms with E-state index < -0.39 is 29.9 Å². The molecule has 1 aliphatic heterocycles. The zero-order chi connectivity index (χ0) is 19.8. The fraction of sp³-hybridized carbons (Fsp3) is 0.222. The summed E-state index contributed by atoms with van der Waals surface area (Å²) >= 11 is 2.04. The van der Waals surface area contributed by atoms with Crippen LogP contribution in [0.15, 0.2) is 53.6 Å². The fourth-order valence-electron chi connectivity index (χ4n) is 2.71. The average Bonchev–Trinajstić information content (AvgIpc) is 3.01. The number of amides is 1. The van der Waals surface area contributed by atoms with Gasteiger partial charge in [0.05, 0.1) is 13.5 Å². The van der Waals surface area contributed by atoms with Gasteiger partial charge in [0, 0.05) is 14.7 Å². The molecule has 0 bridgehead atoms. The molecule has 27 heavy (non-hydrogen) atoms. The Bertz CT molecular complexity index is 882. The number of aliphatic hydroxyl groups is 1. The van der Waals surface area contributed by atoms with E-state index in [1.807, 2.05) is 22.6 Å². The first kappa shape index (κ1) is 19.6. The van der Waals surface area contributed by atoms with Crippen LogP contribution in [0.5, 0.6) is 5.75 Å². The van der Waals surface area contributed by atoms with Crippen LogP contribution in [0.3, 0.4) is 0 Å². The number of hydrazone groups is 1. The quantitative estimate of drug-likeness (QED) is 0.665. The van der Waals surface area contributed by atoms with Crippen molar-refractivity contribution < 1.29 is 27.8 Å². The topological polar surface area (TPSA) is 62.1 Å². The molecule has 142 valence electrons. The molecule has 2 aromatic carbocycles. The third-order valence-corrected chi connectivity index (χ3v) is 4.87. The van der Waals surface area contributed by atoms with Gasteiger partial charge in [-0.3, -0.25) is 4.79 Å². The third kappa shape index (κ3) is 3.79. The van der Waals surface area contributed by atoms with Gasteiger partial charge in [-0.25, -0.2) is 0 Å². The van der Waals surface area contributed by atoms with Crippen LogP contribution >= 0.6 is 22.6 Å². The molecule has 1 amide bonds. The minimum atomic E-state index is -4.76. The Morgan fingerprint density at radius 3 is 2.30 bits per heavy atom. The first-order chi connectivity index (χ1) is 12.6. The minimum absolute atomic E-state index is 0.102. The minimum Gasteiger partial charge on any atom is -0.497 e. The van der Waals surface area contributed by atoms with Crippen LogP contribution in [0, 0.1) is 3.57 Å². The van der Waals surface area contributed by atoms with E-state index in [0.717, 1.165) is 3.57 Å². The molecule has 1 heterocycles. The summed E-state index contributed by atoms with van der Waals surface area (Å²) in [6, 6.07) is 12.0. The lowest BCUT2D eigenvalue weighted by molar-refractivity contribution is -0.0816. The van der Waals surface area contributed by atoms with E-state index in [9.17, 15) is 23.1 Å². The highest BCUT2D eigenvalue weighted by Gasteiger charge is 2.53. The van der Waals surface area contributed by atoms with E-state index in [1.54, 1.807) is 12.1 Å². The highest BCUT2D eigenvalue weighted by Crippen LogP contribution is 2.40. The van der Waals surface area contributed by atoms with Gasteiger partial charge in [-0.15, -0.1) is 0 Å². The number of carbonyl (C=O) groups excluding carboxylic acids is 1. The second-order valence-electron chi connectivity index (χ2n) is 5.89. The van der Waals surface area contributed by atoms with Crippen molar-refractivity contribution in [2.45, 2.75) is 18.3 Å². The van der Waals surface area contributed by atoms with Crippen molar-refractivity contribution >= 4 is 34.2 Å². The number of methoxy groups -OCH3 is 1. The van der Waals surface area contributed by atoms with Crippen molar-refractivity contribution in [3.8, 4) is 5.75 Å². The largest absolute Gasteiger partial charge is 0.497 e. The molecule has 0 saturated heterocycles. The molecular formula is C18H14F3IN2O3. The first-order valence-corrected chi connectivity index (χ1v) is 8.85. The molecule has 0 aliphatic carbocycles. The van der Waals surface area contributed by atoms with E-state index >= 15 is 0 Å². The van der Waals surface area contributed by atoms with Crippen LogP contribution in [0.2, 0.25) is 0 Å². The second-order valence-corrected chi connectivity index (χ2v) is 7.14. The summed E-state index contributed by atoms with van der Waals surface area (Å²) in [5, 5.41) is 15.0. The average molecular weight is 490 g/mol. The van der Waals surface area contributed by atoms with Gasteiger partial charge in [0.1, 0.15) is 11.5 Å². The molecule has 5 nitrogen and oxygen atoms in total. The maximum absolute atomic E-state index is 13.2. The summed E-state index contributed by atoms with van der Waals surface area (Å²) in [4.78, 5) is 12.8. The van der Waals surface area contributed by atoms with Crippen LogP contribution in [0.1, 0.15) is 22.3 Å². The predicted octanol–water partition coefficient (Wildman–Crippen LogP) is 3.91. The van der Waals surface area contributed by atoms with Crippen molar-refractivity contribution in [1.29, 1.82) is 0 Å². The number of hydrogen-bond acceptors (Lipinski definition) is 4. The number of nitrogens with zero attached hydrogens (tertiary/aromatic N) is 2. The molecule has 9 heteroatoms. The van der Waals surface area contributed by atoms with Gasteiger partial charge >= 0.3 is 6.18 Å². The monoisotopic (exact) mass is 490 g/mol. The molecule has 1 N–H and O–H groups in total. The number of halogens is 4. The summed E-state index contributed by atoms with van der Waals surface area (Å²) in [7, 11) is 1.44. The van der Waals surface area contributed by atoms with Crippen LogP contribution < -0.4 is 4.74 Å². The standard InChI is InChI=1S/C18H14F3IN2O3/c1-27-14-8-4-12(5-9-14)17(26)10-15(18(19,20)21)23-24(17)16(25)11-2-6-13(22)7-3-11/h2-9,26H,10H2,1H3. The first-order valence-electron chi connectivity index (χ1n) is 7.77. The summed E-state index contributed by atoms with van der Waals surface area (Å²) in [5.74, 6) is -0.364. The molecule has 0 spiro atoms. The van der Waals surface area contributed by atoms with Gasteiger partial charge in [0.25, 0.3) is 5.91 Å². The van der Waals surface area contributed by atoms with E-state index in [-0.39, 0.29) is 11.1 Å². The lowest BCUT2D eigenvalue weighted by Gasteiger charge is -2.31. The maximum atomic E-state index is 13.2. The molecule has 1 atom stereocenters. The van der Waals surface area contributed by atoms with Crippen molar-refractivity contribution in [2.75, 3.05) is 7.11 Å². The Morgan fingerprint density at radius 1 is 1.19 bits per heavy atom. The van der Waals surface area contributed by atoms with Gasteiger partial charge in [-0.2, -0.15) is 23.3 Å². The lowest BCUT2D eigenvalue weighted by Crippen LogP contribution is -2.43. The Labute approximate surface area is 166 Å². The van der Waals surface area contributed by atoms with Gasteiger partial charge < -0.3 is 9.84 Å². The smallest absolute Gasteiger partial charge is 0.431 e. The number of benzene rings is 2. The molecule has 0 saturated carbocycles. The van der Waals surface area contributed by atoms with Gasteiger partial charge in [-0.05, 0) is 59.0 Å². The molecule has 0 fully saturated rings. The predicted molar refractivity (Wildman–Crippen MR) is 100 cm³/mol. The van der Waals surface area contributed by atoms with Crippen LogP contribution in [-0.4, -0.2) is 35.0 Å².